The second-order valence-electron chi connectivity index (χ2n) is 7.46. The molecule has 0 aliphatic carbocycles. The van der Waals surface area contributed by atoms with Crippen LogP contribution in [0.2, 0.25) is 0 Å². The predicted octanol–water partition coefficient (Wildman–Crippen LogP) is 5.86. The van der Waals surface area contributed by atoms with Gasteiger partial charge in [0.1, 0.15) is 36.3 Å². The van der Waals surface area contributed by atoms with Crippen LogP contribution in [0.4, 0.5) is 0 Å². The summed E-state index contributed by atoms with van der Waals surface area (Å²) in [6, 6.07) is 30.1. The van der Waals surface area contributed by atoms with Gasteiger partial charge in [-0.25, -0.2) is 4.98 Å². The number of ether oxygens (including phenoxy) is 3. The van der Waals surface area contributed by atoms with E-state index in [2.05, 4.69) is 28.8 Å². The van der Waals surface area contributed by atoms with E-state index in [-0.39, 0.29) is 0 Å². The lowest BCUT2D eigenvalue weighted by molar-refractivity contribution is 0.272. The lowest BCUT2D eigenvalue weighted by Crippen LogP contribution is -2.13. The third kappa shape index (κ3) is 4.10. The fraction of sp³-hybridized carbons (Fsp3) is 0.148. The molecule has 0 aliphatic heterocycles. The smallest absolute Gasteiger partial charge is 0.148 e. The van der Waals surface area contributed by atoms with Crippen LogP contribution in [-0.4, -0.2) is 23.3 Å². The van der Waals surface area contributed by atoms with Crippen LogP contribution in [0.25, 0.3) is 21.8 Å². The van der Waals surface area contributed by atoms with Gasteiger partial charge in [-0.15, -0.1) is 0 Å². The average molecular weight is 425 g/mol. The maximum absolute atomic E-state index is 6.18. The SMILES string of the molecule is COc1cccc(OCc2nc3ccccc3n2CCOc2cccc3ccccc23)c1. The third-order valence-corrected chi connectivity index (χ3v) is 5.46. The zero-order valence-electron chi connectivity index (χ0n) is 17.9. The summed E-state index contributed by atoms with van der Waals surface area (Å²) < 4.78 is 19.7. The van der Waals surface area contributed by atoms with Crippen molar-refractivity contribution in [2.75, 3.05) is 13.7 Å². The predicted molar refractivity (Wildman–Crippen MR) is 127 cm³/mol. The molecule has 0 aliphatic rings. The third-order valence-electron chi connectivity index (χ3n) is 5.46. The minimum Gasteiger partial charge on any atom is -0.497 e. The molecule has 0 saturated carbocycles. The Kier molecular flexibility index (Phi) is 5.62. The van der Waals surface area contributed by atoms with Gasteiger partial charge in [0.05, 0.1) is 24.7 Å². The molecule has 5 rings (SSSR count). The number of benzene rings is 4. The minimum atomic E-state index is 0.357. The molecule has 1 aromatic heterocycles. The van der Waals surface area contributed by atoms with Gasteiger partial charge in [-0.2, -0.15) is 0 Å². The van der Waals surface area contributed by atoms with Crippen molar-refractivity contribution in [2.24, 2.45) is 0 Å². The normalized spacial score (nSPS) is 11.0. The van der Waals surface area contributed by atoms with Crippen molar-refractivity contribution in [1.82, 2.24) is 9.55 Å². The van der Waals surface area contributed by atoms with E-state index in [0.29, 0.717) is 19.8 Å². The standard InChI is InChI=1S/C27H24N2O3/c1-30-21-10-7-11-22(18-21)32-19-27-28-24-13-4-5-14-25(24)29(27)16-17-31-26-15-6-9-20-8-2-3-12-23(20)26/h2-15,18H,16-17,19H2,1H3. The molecule has 0 unspecified atom stereocenters. The van der Waals surface area contributed by atoms with E-state index in [4.69, 9.17) is 19.2 Å². The first-order chi connectivity index (χ1) is 15.8. The molecule has 0 radical (unpaired) electrons. The fourth-order valence-electron chi connectivity index (χ4n) is 3.89. The second-order valence-corrected chi connectivity index (χ2v) is 7.46. The number of fused-ring (bicyclic) bond motifs is 2. The van der Waals surface area contributed by atoms with Gasteiger partial charge in [0.2, 0.25) is 0 Å². The highest BCUT2D eigenvalue weighted by Gasteiger charge is 2.12. The molecule has 0 N–H and O–H groups in total. The fourth-order valence-corrected chi connectivity index (χ4v) is 3.89. The molecule has 0 bridgehead atoms. The topological polar surface area (TPSA) is 45.5 Å². The molecule has 1 heterocycles. The molecule has 32 heavy (non-hydrogen) atoms. The van der Waals surface area contributed by atoms with Crippen molar-refractivity contribution in [3.05, 3.63) is 96.8 Å². The van der Waals surface area contributed by atoms with Crippen molar-refractivity contribution < 1.29 is 14.2 Å². The number of hydrogen-bond donors (Lipinski definition) is 0. The average Bonchev–Trinajstić information content (AvgIpc) is 3.20. The van der Waals surface area contributed by atoms with Crippen molar-refractivity contribution in [1.29, 1.82) is 0 Å². The molecular formula is C27H24N2O3. The van der Waals surface area contributed by atoms with Gasteiger partial charge in [-0.3, -0.25) is 0 Å². The molecule has 0 amide bonds. The molecule has 0 fully saturated rings. The Balaban J connectivity index is 1.35. The van der Waals surface area contributed by atoms with Gasteiger partial charge >= 0.3 is 0 Å². The van der Waals surface area contributed by atoms with Gasteiger partial charge in [0, 0.05) is 11.5 Å². The van der Waals surface area contributed by atoms with E-state index in [1.807, 2.05) is 66.7 Å². The molecule has 5 nitrogen and oxygen atoms in total. The van der Waals surface area contributed by atoms with Crippen LogP contribution in [0.15, 0.2) is 91.0 Å². The lowest BCUT2D eigenvalue weighted by Gasteiger charge is -2.13. The molecular weight excluding hydrogens is 400 g/mol. The molecule has 5 heteroatoms. The summed E-state index contributed by atoms with van der Waals surface area (Å²) in [5, 5.41) is 2.29. The zero-order chi connectivity index (χ0) is 21.8. The van der Waals surface area contributed by atoms with E-state index >= 15 is 0 Å². The Morgan fingerprint density at radius 3 is 2.50 bits per heavy atom. The van der Waals surface area contributed by atoms with Gasteiger partial charge in [0.25, 0.3) is 0 Å². The van der Waals surface area contributed by atoms with Gasteiger partial charge in [-0.05, 0) is 35.7 Å². The van der Waals surface area contributed by atoms with Gasteiger partial charge < -0.3 is 18.8 Å². The highest BCUT2D eigenvalue weighted by molar-refractivity contribution is 5.88. The first kappa shape index (κ1) is 19.9. The maximum atomic E-state index is 6.18. The van der Waals surface area contributed by atoms with Crippen molar-refractivity contribution in [3.8, 4) is 17.2 Å². The Hall–Kier alpha value is -3.99. The summed E-state index contributed by atoms with van der Waals surface area (Å²) in [5.74, 6) is 3.26. The van der Waals surface area contributed by atoms with Crippen LogP contribution < -0.4 is 14.2 Å². The van der Waals surface area contributed by atoms with Crippen LogP contribution in [0.3, 0.4) is 0 Å². The number of rotatable bonds is 8. The summed E-state index contributed by atoms with van der Waals surface area (Å²) >= 11 is 0. The molecule has 0 spiro atoms. The molecule has 0 atom stereocenters. The van der Waals surface area contributed by atoms with E-state index in [0.717, 1.165) is 39.5 Å². The van der Waals surface area contributed by atoms with Crippen LogP contribution >= 0.6 is 0 Å². The van der Waals surface area contributed by atoms with Crippen LogP contribution in [0.1, 0.15) is 5.82 Å². The molecule has 0 saturated heterocycles. The zero-order valence-corrected chi connectivity index (χ0v) is 17.9. The Labute approximate surface area is 186 Å². The number of hydrogen-bond acceptors (Lipinski definition) is 4. The van der Waals surface area contributed by atoms with E-state index in [1.54, 1.807) is 7.11 Å². The number of para-hydroxylation sites is 2. The van der Waals surface area contributed by atoms with Crippen molar-refractivity contribution >= 4 is 21.8 Å². The minimum absolute atomic E-state index is 0.357. The highest BCUT2D eigenvalue weighted by Crippen LogP contribution is 2.26. The van der Waals surface area contributed by atoms with E-state index in [9.17, 15) is 0 Å². The van der Waals surface area contributed by atoms with Crippen molar-refractivity contribution in [2.45, 2.75) is 13.2 Å². The quantitative estimate of drug-likeness (QED) is 0.313. The summed E-state index contributed by atoms with van der Waals surface area (Å²) in [5.41, 5.74) is 2.01. The van der Waals surface area contributed by atoms with Gasteiger partial charge in [-0.1, -0.05) is 54.6 Å². The molecule has 4 aromatic carbocycles. The summed E-state index contributed by atoms with van der Waals surface area (Å²) in [6.45, 7) is 1.55. The first-order valence-electron chi connectivity index (χ1n) is 10.6. The largest absolute Gasteiger partial charge is 0.497 e. The number of aromatic nitrogens is 2. The van der Waals surface area contributed by atoms with Crippen LogP contribution in [-0.2, 0) is 13.2 Å². The van der Waals surface area contributed by atoms with Crippen LogP contribution in [0.5, 0.6) is 17.2 Å². The second kappa shape index (κ2) is 9.02. The lowest BCUT2D eigenvalue weighted by atomic mass is 10.1. The number of imidazole rings is 1. The first-order valence-corrected chi connectivity index (χ1v) is 10.6. The monoisotopic (exact) mass is 424 g/mol. The highest BCUT2D eigenvalue weighted by atomic mass is 16.5. The Morgan fingerprint density at radius 1 is 0.781 bits per heavy atom. The molecule has 160 valence electrons. The maximum Gasteiger partial charge on any atom is 0.148 e. The Morgan fingerprint density at radius 2 is 1.56 bits per heavy atom. The molecule has 5 aromatic rings. The van der Waals surface area contributed by atoms with E-state index in [1.165, 1.54) is 5.39 Å². The Bertz CT molecular complexity index is 1350. The summed E-state index contributed by atoms with van der Waals surface area (Å²) in [6.07, 6.45) is 0. The van der Waals surface area contributed by atoms with Crippen molar-refractivity contribution in [3.63, 3.8) is 0 Å². The van der Waals surface area contributed by atoms with E-state index < -0.39 is 0 Å². The summed E-state index contributed by atoms with van der Waals surface area (Å²) in [7, 11) is 1.65. The van der Waals surface area contributed by atoms with Crippen LogP contribution in [0, 0.1) is 0 Å². The van der Waals surface area contributed by atoms with Gasteiger partial charge in [0.15, 0.2) is 0 Å². The summed E-state index contributed by atoms with van der Waals surface area (Å²) in [4.78, 5) is 4.80. The number of methoxy groups -OCH3 is 1. The number of nitrogens with zero attached hydrogens (tertiary/aromatic N) is 2.